The van der Waals surface area contributed by atoms with Crippen molar-refractivity contribution in [2.45, 2.75) is 37.8 Å². The van der Waals surface area contributed by atoms with Crippen LogP contribution in [0.5, 0.6) is 0 Å². The molecule has 0 bridgehead atoms. The second-order valence-corrected chi connectivity index (χ2v) is 7.84. The lowest BCUT2D eigenvalue weighted by molar-refractivity contribution is 0.00791. The van der Waals surface area contributed by atoms with Gasteiger partial charge in [0.25, 0.3) is 0 Å². The Balaban J connectivity index is 1.38. The number of halogens is 1. The number of morpholine rings is 1. The van der Waals surface area contributed by atoms with Gasteiger partial charge in [0.1, 0.15) is 0 Å². The summed E-state index contributed by atoms with van der Waals surface area (Å²) in [4.78, 5) is 6.05. The van der Waals surface area contributed by atoms with Crippen molar-refractivity contribution in [1.82, 2.24) is 9.88 Å². The van der Waals surface area contributed by atoms with Crippen LogP contribution in [0, 0.1) is 3.70 Å². The summed E-state index contributed by atoms with van der Waals surface area (Å²) in [6.07, 6.45) is 5.14. The lowest BCUT2D eigenvalue weighted by Crippen LogP contribution is -2.46. The van der Waals surface area contributed by atoms with E-state index in [1.165, 1.54) is 46.0 Å². The van der Waals surface area contributed by atoms with E-state index in [0.717, 1.165) is 32.3 Å². The van der Waals surface area contributed by atoms with Gasteiger partial charge >= 0.3 is 0 Å². The molecule has 1 saturated heterocycles. The smallest absolute Gasteiger partial charge is 0.0783 e. The van der Waals surface area contributed by atoms with E-state index in [9.17, 15) is 0 Å². The maximum absolute atomic E-state index is 5.48. The van der Waals surface area contributed by atoms with Crippen molar-refractivity contribution in [1.29, 1.82) is 0 Å². The first kappa shape index (κ1) is 15.7. The molecular weight excluding hydrogens is 401 g/mol. The Labute approximate surface area is 151 Å². The summed E-state index contributed by atoms with van der Waals surface area (Å²) in [5.74, 6) is 0. The van der Waals surface area contributed by atoms with E-state index < -0.39 is 0 Å². The van der Waals surface area contributed by atoms with Gasteiger partial charge in [-0.15, -0.1) is 0 Å². The van der Waals surface area contributed by atoms with Crippen LogP contribution in [0.15, 0.2) is 24.3 Å². The van der Waals surface area contributed by atoms with Crippen molar-refractivity contribution in [2.75, 3.05) is 31.6 Å². The Hall–Kier alpha value is -0.790. The fraction of sp³-hybridized carbons (Fsp3) is 0.556. The molecule has 1 aliphatic heterocycles. The van der Waals surface area contributed by atoms with Gasteiger partial charge in [-0.1, -0.05) is 6.07 Å². The molecule has 1 aromatic heterocycles. The van der Waals surface area contributed by atoms with Crippen molar-refractivity contribution in [3.8, 4) is 0 Å². The molecule has 0 unspecified atom stereocenters. The molecule has 5 heteroatoms. The SMILES string of the molecule is Ic1cc2c(N[C@H]3CC[C@H](N4CCOCC4)CC3)cccc2[nH]1. The molecule has 0 atom stereocenters. The molecular formula is C18H24IN3O. The van der Waals surface area contributed by atoms with E-state index in [4.69, 9.17) is 4.74 Å². The maximum Gasteiger partial charge on any atom is 0.0783 e. The highest BCUT2D eigenvalue weighted by Crippen LogP contribution is 2.30. The summed E-state index contributed by atoms with van der Waals surface area (Å²) in [5, 5.41) is 5.11. The minimum Gasteiger partial charge on any atom is -0.382 e. The number of hydrogen-bond acceptors (Lipinski definition) is 3. The Morgan fingerprint density at radius 3 is 2.70 bits per heavy atom. The lowest BCUT2D eigenvalue weighted by Gasteiger charge is -2.39. The van der Waals surface area contributed by atoms with Crippen molar-refractivity contribution < 1.29 is 4.74 Å². The van der Waals surface area contributed by atoms with Crippen LogP contribution in [-0.2, 0) is 4.74 Å². The molecule has 2 N–H and O–H groups in total. The van der Waals surface area contributed by atoms with Crippen LogP contribution in [0.1, 0.15) is 25.7 Å². The number of aromatic amines is 1. The van der Waals surface area contributed by atoms with Crippen LogP contribution >= 0.6 is 22.6 Å². The third-order valence-corrected chi connectivity index (χ3v) is 5.83. The first-order valence-electron chi connectivity index (χ1n) is 8.65. The summed E-state index contributed by atoms with van der Waals surface area (Å²) < 4.78 is 6.67. The van der Waals surface area contributed by atoms with Gasteiger partial charge in [0.15, 0.2) is 0 Å². The lowest BCUT2D eigenvalue weighted by atomic mass is 9.89. The first-order valence-corrected chi connectivity index (χ1v) is 9.73. The Morgan fingerprint density at radius 1 is 1.13 bits per heavy atom. The molecule has 2 heterocycles. The second kappa shape index (κ2) is 6.99. The predicted molar refractivity (Wildman–Crippen MR) is 103 cm³/mol. The minimum atomic E-state index is 0.602. The highest BCUT2D eigenvalue weighted by molar-refractivity contribution is 14.1. The van der Waals surface area contributed by atoms with Crippen LogP contribution in [-0.4, -0.2) is 48.3 Å². The fourth-order valence-electron chi connectivity index (χ4n) is 3.99. The van der Waals surface area contributed by atoms with Crippen LogP contribution in [0.3, 0.4) is 0 Å². The van der Waals surface area contributed by atoms with E-state index in [2.05, 4.69) is 62.1 Å². The molecule has 2 fully saturated rings. The van der Waals surface area contributed by atoms with Crippen LogP contribution in [0.25, 0.3) is 10.9 Å². The van der Waals surface area contributed by atoms with Crippen LogP contribution in [0.2, 0.25) is 0 Å². The molecule has 1 saturated carbocycles. The zero-order valence-electron chi connectivity index (χ0n) is 13.4. The fourth-order valence-corrected chi connectivity index (χ4v) is 4.60. The molecule has 1 aliphatic carbocycles. The average Bonchev–Trinajstić information content (AvgIpc) is 2.98. The largest absolute Gasteiger partial charge is 0.382 e. The quantitative estimate of drug-likeness (QED) is 0.735. The number of ether oxygens (including phenoxy) is 1. The van der Waals surface area contributed by atoms with Crippen molar-refractivity contribution >= 4 is 39.2 Å². The maximum atomic E-state index is 5.48. The standard InChI is InChI=1S/C18H24IN3O/c19-18-12-15-16(2-1-3-17(15)21-18)20-13-4-6-14(7-5-13)22-8-10-23-11-9-22/h1-3,12-14,20-21H,4-11H2/t13-,14-. The van der Waals surface area contributed by atoms with E-state index in [1.54, 1.807) is 0 Å². The summed E-state index contributed by atoms with van der Waals surface area (Å²) in [5.41, 5.74) is 2.50. The summed E-state index contributed by atoms with van der Waals surface area (Å²) in [6, 6.07) is 10.1. The molecule has 0 amide bonds. The number of anilines is 1. The molecule has 2 aromatic rings. The van der Waals surface area contributed by atoms with Crippen LogP contribution < -0.4 is 5.32 Å². The number of nitrogens with zero attached hydrogens (tertiary/aromatic N) is 1. The van der Waals surface area contributed by atoms with Crippen molar-refractivity contribution in [2.24, 2.45) is 0 Å². The summed E-state index contributed by atoms with van der Waals surface area (Å²) in [7, 11) is 0. The normalized spacial score (nSPS) is 26.5. The van der Waals surface area contributed by atoms with E-state index in [-0.39, 0.29) is 0 Å². The Bertz CT molecular complexity index is 657. The monoisotopic (exact) mass is 425 g/mol. The average molecular weight is 425 g/mol. The van der Waals surface area contributed by atoms with Crippen molar-refractivity contribution in [3.63, 3.8) is 0 Å². The number of benzene rings is 1. The number of nitrogens with one attached hydrogen (secondary N) is 2. The molecule has 4 rings (SSSR count). The van der Waals surface area contributed by atoms with E-state index in [0.29, 0.717) is 6.04 Å². The number of rotatable bonds is 3. The van der Waals surface area contributed by atoms with Gasteiger partial charge < -0.3 is 15.0 Å². The van der Waals surface area contributed by atoms with Crippen molar-refractivity contribution in [3.05, 3.63) is 28.0 Å². The molecule has 4 nitrogen and oxygen atoms in total. The first-order chi connectivity index (χ1) is 11.3. The topological polar surface area (TPSA) is 40.3 Å². The second-order valence-electron chi connectivity index (χ2n) is 6.68. The van der Waals surface area contributed by atoms with E-state index >= 15 is 0 Å². The number of H-pyrrole nitrogens is 1. The predicted octanol–water partition coefficient (Wildman–Crippen LogP) is 3.83. The van der Waals surface area contributed by atoms with Gasteiger partial charge in [-0.25, -0.2) is 0 Å². The molecule has 2 aliphatic rings. The van der Waals surface area contributed by atoms with E-state index in [1.807, 2.05) is 0 Å². The zero-order chi connectivity index (χ0) is 15.6. The molecule has 1 aromatic carbocycles. The Morgan fingerprint density at radius 2 is 1.91 bits per heavy atom. The zero-order valence-corrected chi connectivity index (χ0v) is 15.5. The Kier molecular flexibility index (Phi) is 4.78. The summed E-state index contributed by atoms with van der Waals surface area (Å²) in [6.45, 7) is 4.05. The van der Waals surface area contributed by atoms with Gasteiger partial charge in [-0.3, -0.25) is 4.90 Å². The molecule has 23 heavy (non-hydrogen) atoms. The molecule has 0 radical (unpaired) electrons. The summed E-state index contributed by atoms with van der Waals surface area (Å²) >= 11 is 2.35. The molecule has 0 spiro atoms. The third kappa shape index (κ3) is 3.51. The van der Waals surface area contributed by atoms with Crippen LogP contribution in [0.4, 0.5) is 5.69 Å². The van der Waals surface area contributed by atoms with Gasteiger partial charge in [0, 0.05) is 41.8 Å². The van der Waals surface area contributed by atoms with Gasteiger partial charge in [-0.05, 0) is 66.5 Å². The van der Waals surface area contributed by atoms with Gasteiger partial charge in [0.05, 0.1) is 16.9 Å². The van der Waals surface area contributed by atoms with Gasteiger partial charge in [0.2, 0.25) is 0 Å². The molecule has 124 valence electrons. The number of aromatic nitrogens is 1. The number of hydrogen-bond donors (Lipinski definition) is 2. The van der Waals surface area contributed by atoms with Gasteiger partial charge in [-0.2, -0.15) is 0 Å². The minimum absolute atomic E-state index is 0.602. The highest BCUT2D eigenvalue weighted by Gasteiger charge is 2.27. The number of fused-ring (bicyclic) bond motifs is 1. The third-order valence-electron chi connectivity index (χ3n) is 5.25. The highest BCUT2D eigenvalue weighted by atomic mass is 127.